The predicted molar refractivity (Wildman–Crippen MR) is 76.1 cm³/mol. The number of rotatable bonds is 14. The first-order valence-corrected chi connectivity index (χ1v) is 7.64. The van der Waals surface area contributed by atoms with Crippen molar-refractivity contribution in [3.05, 3.63) is 6.92 Å². The molecule has 0 fully saturated rings. The van der Waals surface area contributed by atoms with E-state index in [9.17, 15) is 4.79 Å². The van der Waals surface area contributed by atoms with Crippen LogP contribution >= 0.6 is 0 Å². The highest BCUT2D eigenvalue weighted by Gasteiger charge is 1.93. The minimum absolute atomic E-state index is 0.757. The van der Waals surface area contributed by atoms with Gasteiger partial charge in [0.2, 0.25) is 0 Å². The van der Waals surface area contributed by atoms with Crippen LogP contribution in [0.4, 0.5) is 0 Å². The van der Waals surface area contributed by atoms with Crippen molar-refractivity contribution in [1.82, 2.24) is 0 Å². The van der Waals surface area contributed by atoms with Gasteiger partial charge in [0.15, 0.2) is 0 Å². The Labute approximate surface area is 108 Å². The molecule has 0 N–H and O–H groups in total. The lowest BCUT2D eigenvalue weighted by atomic mass is 10.0. The fraction of sp³-hybridized carbons (Fsp3) is 0.875. The number of carbonyl (C=O) groups excluding carboxylic acids is 1. The van der Waals surface area contributed by atoms with Crippen LogP contribution in [0.5, 0.6) is 0 Å². The summed E-state index contributed by atoms with van der Waals surface area (Å²) in [5.41, 5.74) is 0. The van der Waals surface area contributed by atoms with Crippen LogP contribution in [0.1, 0.15) is 89.9 Å². The summed E-state index contributed by atoms with van der Waals surface area (Å²) in [6.45, 7) is 3.86. The number of aldehydes is 1. The molecule has 0 aromatic rings. The molecule has 0 saturated carbocycles. The first kappa shape index (κ1) is 16.7. The van der Waals surface area contributed by atoms with E-state index in [1.54, 1.807) is 0 Å². The first-order chi connectivity index (χ1) is 8.41. The van der Waals surface area contributed by atoms with Crippen LogP contribution in [-0.4, -0.2) is 6.29 Å². The molecule has 0 bridgehead atoms. The fourth-order valence-corrected chi connectivity index (χ4v) is 2.17. The molecule has 0 heterocycles. The van der Waals surface area contributed by atoms with Gasteiger partial charge in [0, 0.05) is 6.42 Å². The van der Waals surface area contributed by atoms with Crippen molar-refractivity contribution in [2.75, 3.05) is 0 Å². The zero-order valence-corrected chi connectivity index (χ0v) is 11.6. The normalized spacial score (nSPS) is 10.6. The Kier molecular flexibility index (Phi) is 15.4. The van der Waals surface area contributed by atoms with Gasteiger partial charge in [0.05, 0.1) is 0 Å². The third kappa shape index (κ3) is 15.7. The Morgan fingerprint density at radius 1 is 0.588 bits per heavy atom. The largest absolute Gasteiger partial charge is 0.303 e. The number of hydrogen-bond acceptors (Lipinski definition) is 1. The van der Waals surface area contributed by atoms with Crippen molar-refractivity contribution in [3.63, 3.8) is 0 Å². The summed E-state index contributed by atoms with van der Waals surface area (Å²) in [6, 6.07) is 0. The van der Waals surface area contributed by atoms with Crippen LogP contribution < -0.4 is 0 Å². The molecule has 0 amide bonds. The molecule has 101 valence electrons. The Hall–Kier alpha value is -0.330. The van der Waals surface area contributed by atoms with Crippen LogP contribution in [0.25, 0.3) is 0 Å². The van der Waals surface area contributed by atoms with E-state index in [4.69, 9.17) is 0 Å². The molecule has 17 heavy (non-hydrogen) atoms. The standard InChI is InChI=1S/C16H31O/c1-2-3-4-5-6-7-8-9-10-11-12-13-14-15-16-17/h16H,1-15H2. The Bertz CT molecular complexity index is 142. The Morgan fingerprint density at radius 3 is 1.29 bits per heavy atom. The number of hydrogen-bond donors (Lipinski definition) is 0. The molecule has 0 aromatic heterocycles. The third-order valence-electron chi connectivity index (χ3n) is 3.32. The quantitative estimate of drug-likeness (QED) is 0.290. The fourth-order valence-electron chi connectivity index (χ4n) is 2.17. The van der Waals surface area contributed by atoms with Crippen LogP contribution in [-0.2, 0) is 4.79 Å². The monoisotopic (exact) mass is 239 g/mol. The Morgan fingerprint density at radius 2 is 0.941 bits per heavy atom. The number of carbonyl (C=O) groups is 1. The van der Waals surface area contributed by atoms with Crippen molar-refractivity contribution < 1.29 is 4.79 Å². The van der Waals surface area contributed by atoms with Gasteiger partial charge in [-0.05, 0) is 6.42 Å². The minimum atomic E-state index is 0.757. The second kappa shape index (κ2) is 15.7. The van der Waals surface area contributed by atoms with Crippen LogP contribution in [0.15, 0.2) is 0 Å². The smallest absolute Gasteiger partial charge is 0.119 e. The lowest BCUT2D eigenvalue weighted by molar-refractivity contribution is -0.107. The molecule has 0 unspecified atom stereocenters. The summed E-state index contributed by atoms with van der Waals surface area (Å²) >= 11 is 0. The van der Waals surface area contributed by atoms with Crippen molar-refractivity contribution >= 4 is 6.29 Å². The molecule has 0 aliphatic rings. The zero-order chi connectivity index (χ0) is 12.6. The molecule has 0 aromatic carbocycles. The van der Waals surface area contributed by atoms with E-state index in [1.807, 2.05) is 0 Å². The highest BCUT2D eigenvalue weighted by atomic mass is 16.1. The maximum atomic E-state index is 10.1. The Balaban J connectivity index is 2.87. The highest BCUT2D eigenvalue weighted by molar-refractivity contribution is 5.48. The lowest BCUT2D eigenvalue weighted by Gasteiger charge is -2.02. The zero-order valence-electron chi connectivity index (χ0n) is 11.6. The molecule has 0 rings (SSSR count). The maximum absolute atomic E-state index is 10.1. The van der Waals surface area contributed by atoms with E-state index >= 15 is 0 Å². The molecular formula is C16H31O. The van der Waals surface area contributed by atoms with Crippen molar-refractivity contribution in [3.8, 4) is 0 Å². The van der Waals surface area contributed by atoms with Gasteiger partial charge >= 0.3 is 0 Å². The maximum Gasteiger partial charge on any atom is 0.119 e. The van der Waals surface area contributed by atoms with Crippen molar-refractivity contribution in [1.29, 1.82) is 0 Å². The van der Waals surface area contributed by atoms with E-state index in [2.05, 4.69) is 6.92 Å². The van der Waals surface area contributed by atoms with E-state index in [0.29, 0.717) is 0 Å². The molecule has 1 radical (unpaired) electrons. The van der Waals surface area contributed by atoms with Crippen LogP contribution in [0.3, 0.4) is 0 Å². The van der Waals surface area contributed by atoms with Gasteiger partial charge in [-0.3, -0.25) is 0 Å². The van der Waals surface area contributed by atoms with Gasteiger partial charge in [-0.1, -0.05) is 84.0 Å². The minimum Gasteiger partial charge on any atom is -0.303 e. The van der Waals surface area contributed by atoms with Gasteiger partial charge in [-0.25, -0.2) is 0 Å². The van der Waals surface area contributed by atoms with E-state index in [0.717, 1.165) is 25.5 Å². The summed E-state index contributed by atoms with van der Waals surface area (Å²) in [7, 11) is 0. The summed E-state index contributed by atoms with van der Waals surface area (Å²) < 4.78 is 0. The molecular weight excluding hydrogens is 208 g/mol. The topological polar surface area (TPSA) is 17.1 Å². The number of unbranched alkanes of at least 4 members (excludes halogenated alkanes) is 13. The summed E-state index contributed by atoms with van der Waals surface area (Å²) in [5.74, 6) is 0. The molecule has 0 saturated heterocycles. The molecule has 0 atom stereocenters. The van der Waals surface area contributed by atoms with E-state index in [1.165, 1.54) is 70.6 Å². The van der Waals surface area contributed by atoms with Crippen molar-refractivity contribution in [2.45, 2.75) is 89.9 Å². The summed E-state index contributed by atoms with van der Waals surface area (Å²) in [6.07, 6.45) is 19.0. The molecule has 0 aliphatic carbocycles. The predicted octanol–water partition coefficient (Wildman–Crippen LogP) is 5.48. The second-order valence-electron chi connectivity index (χ2n) is 5.05. The van der Waals surface area contributed by atoms with Gasteiger partial charge < -0.3 is 4.79 Å². The summed E-state index contributed by atoms with van der Waals surface area (Å²) in [5, 5.41) is 0. The van der Waals surface area contributed by atoms with Crippen LogP contribution in [0, 0.1) is 6.92 Å². The second-order valence-corrected chi connectivity index (χ2v) is 5.05. The lowest BCUT2D eigenvalue weighted by Crippen LogP contribution is -1.83. The average Bonchev–Trinajstić information content (AvgIpc) is 2.35. The third-order valence-corrected chi connectivity index (χ3v) is 3.32. The SMILES string of the molecule is [CH2]CCCCCCCCCCCCCCC=O. The van der Waals surface area contributed by atoms with E-state index < -0.39 is 0 Å². The summed E-state index contributed by atoms with van der Waals surface area (Å²) in [4.78, 5) is 10.1. The average molecular weight is 239 g/mol. The van der Waals surface area contributed by atoms with Crippen LogP contribution in [0.2, 0.25) is 0 Å². The van der Waals surface area contributed by atoms with Gasteiger partial charge in [0.25, 0.3) is 0 Å². The molecule has 1 heteroatoms. The van der Waals surface area contributed by atoms with E-state index in [-0.39, 0.29) is 0 Å². The van der Waals surface area contributed by atoms with Crippen molar-refractivity contribution in [2.24, 2.45) is 0 Å². The molecule has 0 spiro atoms. The molecule has 1 nitrogen and oxygen atoms in total. The first-order valence-electron chi connectivity index (χ1n) is 7.64. The van der Waals surface area contributed by atoms with Gasteiger partial charge in [-0.15, -0.1) is 0 Å². The molecule has 0 aliphatic heterocycles. The highest BCUT2D eigenvalue weighted by Crippen LogP contribution is 2.12. The van der Waals surface area contributed by atoms with Gasteiger partial charge in [0.1, 0.15) is 6.29 Å². The van der Waals surface area contributed by atoms with Gasteiger partial charge in [-0.2, -0.15) is 0 Å².